The first-order chi connectivity index (χ1) is 9.44. The van der Waals surface area contributed by atoms with Crippen molar-refractivity contribution < 1.29 is 9.53 Å². The third-order valence-corrected chi connectivity index (χ3v) is 4.61. The minimum absolute atomic E-state index is 0.148. The van der Waals surface area contributed by atoms with Crippen LogP contribution in [0, 0.1) is 11.8 Å². The molecule has 2 N–H and O–H groups in total. The summed E-state index contributed by atoms with van der Waals surface area (Å²) in [6.07, 6.45) is 2.31. The van der Waals surface area contributed by atoms with Crippen LogP contribution in [-0.4, -0.2) is 54.9 Å². The molecule has 0 spiro atoms. The fourth-order valence-electron chi connectivity index (χ4n) is 3.51. The predicted octanol–water partition coefficient (Wildman–Crippen LogP) is 1.19. The first-order valence-corrected chi connectivity index (χ1v) is 7.89. The van der Waals surface area contributed by atoms with Gasteiger partial charge in [0.05, 0.1) is 0 Å². The van der Waals surface area contributed by atoms with E-state index in [4.69, 9.17) is 4.74 Å². The van der Waals surface area contributed by atoms with Gasteiger partial charge in [-0.05, 0) is 58.5 Å². The molecule has 5 nitrogen and oxygen atoms in total. The zero-order valence-electron chi connectivity index (χ0n) is 12.8. The van der Waals surface area contributed by atoms with E-state index in [2.05, 4.69) is 10.6 Å². The van der Waals surface area contributed by atoms with Crippen LogP contribution in [0.25, 0.3) is 0 Å². The van der Waals surface area contributed by atoms with Gasteiger partial charge in [0.2, 0.25) is 0 Å². The summed E-state index contributed by atoms with van der Waals surface area (Å²) in [6, 6.07) is 1.30. The minimum Gasteiger partial charge on any atom is -0.444 e. The van der Waals surface area contributed by atoms with Crippen LogP contribution in [0.2, 0.25) is 0 Å². The molecule has 0 bridgehead atoms. The summed E-state index contributed by atoms with van der Waals surface area (Å²) >= 11 is 0. The van der Waals surface area contributed by atoms with Gasteiger partial charge in [0, 0.05) is 25.2 Å². The molecule has 20 heavy (non-hydrogen) atoms. The number of likely N-dealkylation sites (tertiary alicyclic amines) is 1. The average Bonchev–Trinajstić information content (AvgIpc) is 2.84. The lowest BCUT2D eigenvalue weighted by atomic mass is 10.1. The van der Waals surface area contributed by atoms with Crippen LogP contribution in [0.3, 0.4) is 0 Å². The van der Waals surface area contributed by atoms with Crippen LogP contribution in [0.4, 0.5) is 4.79 Å². The molecule has 2 atom stereocenters. The highest BCUT2D eigenvalue weighted by Gasteiger charge is 2.57. The average molecular weight is 281 g/mol. The Hall–Kier alpha value is -0.810. The van der Waals surface area contributed by atoms with Gasteiger partial charge < -0.3 is 20.3 Å². The van der Waals surface area contributed by atoms with Crippen LogP contribution in [0.1, 0.15) is 33.6 Å². The number of amides is 1. The fraction of sp³-hybridized carbons (Fsp3) is 0.933. The first kappa shape index (κ1) is 14.1. The molecule has 2 aliphatic heterocycles. The smallest absolute Gasteiger partial charge is 0.410 e. The zero-order valence-corrected chi connectivity index (χ0v) is 12.8. The largest absolute Gasteiger partial charge is 0.444 e. The Bertz CT molecular complexity index is 362. The fourth-order valence-corrected chi connectivity index (χ4v) is 3.51. The SMILES string of the molecule is CC(C)(C)OC(=O)N1CC2C(C1)C2NC1CCNCC1. The van der Waals surface area contributed by atoms with E-state index in [0.717, 1.165) is 26.2 Å². The number of rotatable bonds is 2. The lowest BCUT2D eigenvalue weighted by Crippen LogP contribution is -2.44. The molecule has 0 aromatic rings. The van der Waals surface area contributed by atoms with Gasteiger partial charge in [-0.15, -0.1) is 0 Å². The Morgan fingerprint density at radius 3 is 2.35 bits per heavy atom. The maximum Gasteiger partial charge on any atom is 0.410 e. The Balaban J connectivity index is 1.42. The van der Waals surface area contributed by atoms with Crippen LogP contribution in [-0.2, 0) is 4.74 Å². The van der Waals surface area contributed by atoms with E-state index in [1.54, 1.807) is 0 Å². The summed E-state index contributed by atoms with van der Waals surface area (Å²) in [4.78, 5) is 13.9. The number of hydrogen-bond donors (Lipinski definition) is 2. The molecule has 3 aliphatic rings. The number of nitrogens with one attached hydrogen (secondary N) is 2. The number of ether oxygens (including phenoxy) is 1. The quantitative estimate of drug-likeness (QED) is 0.798. The molecule has 1 amide bonds. The number of carbonyl (C=O) groups is 1. The van der Waals surface area contributed by atoms with Crippen molar-refractivity contribution in [2.75, 3.05) is 26.2 Å². The molecular formula is C15H27N3O2. The predicted molar refractivity (Wildman–Crippen MR) is 77.6 cm³/mol. The second kappa shape index (κ2) is 5.19. The van der Waals surface area contributed by atoms with Gasteiger partial charge >= 0.3 is 6.09 Å². The van der Waals surface area contributed by atoms with Crippen molar-refractivity contribution >= 4 is 6.09 Å². The summed E-state index contributed by atoms with van der Waals surface area (Å²) < 4.78 is 5.43. The molecule has 2 heterocycles. The van der Waals surface area contributed by atoms with Crippen LogP contribution in [0.5, 0.6) is 0 Å². The number of piperidine rings is 2. The second-order valence-electron chi connectivity index (χ2n) is 7.43. The third-order valence-electron chi connectivity index (χ3n) is 4.61. The number of fused-ring (bicyclic) bond motifs is 1. The molecule has 1 aliphatic carbocycles. The van der Waals surface area contributed by atoms with E-state index in [9.17, 15) is 4.79 Å². The van der Waals surface area contributed by atoms with Gasteiger partial charge in [0.25, 0.3) is 0 Å². The van der Waals surface area contributed by atoms with E-state index in [0.29, 0.717) is 23.9 Å². The van der Waals surface area contributed by atoms with Gasteiger partial charge in [0.15, 0.2) is 0 Å². The summed E-state index contributed by atoms with van der Waals surface area (Å²) in [5.74, 6) is 1.30. The standard InChI is InChI=1S/C15H27N3O2/c1-15(2,3)20-14(19)18-8-11-12(9-18)13(11)17-10-4-6-16-7-5-10/h10-13,16-17H,4-9H2,1-3H3. The molecule has 114 valence electrons. The van der Waals surface area contributed by atoms with E-state index in [1.165, 1.54) is 12.8 Å². The second-order valence-corrected chi connectivity index (χ2v) is 7.43. The minimum atomic E-state index is -0.392. The van der Waals surface area contributed by atoms with Gasteiger partial charge in [-0.1, -0.05) is 0 Å². The van der Waals surface area contributed by atoms with Gasteiger partial charge in [-0.25, -0.2) is 4.79 Å². The van der Waals surface area contributed by atoms with Crippen molar-refractivity contribution in [3.05, 3.63) is 0 Å². The van der Waals surface area contributed by atoms with E-state index in [-0.39, 0.29) is 6.09 Å². The lowest BCUT2D eigenvalue weighted by molar-refractivity contribution is 0.0268. The topological polar surface area (TPSA) is 53.6 Å². The van der Waals surface area contributed by atoms with Crippen molar-refractivity contribution in [1.82, 2.24) is 15.5 Å². The molecular weight excluding hydrogens is 254 g/mol. The number of hydrogen-bond acceptors (Lipinski definition) is 4. The van der Waals surface area contributed by atoms with Crippen LogP contribution < -0.4 is 10.6 Å². The first-order valence-electron chi connectivity index (χ1n) is 7.89. The van der Waals surface area contributed by atoms with Gasteiger partial charge in [-0.2, -0.15) is 0 Å². The highest BCUT2D eigenvalue weighted by molar-refractivity contribution is 5.69. The lowest BCUT2D eigenvalue weighted by Gasteiger charge is -2.28. The highest BCUT2D eigenvalue weighted by atomic mass is 16.6. The number of nitrogens with zero attached hydrogens (tertiary/aromatic N) is 1. The van der Waals surface area contributed by atoms with Crippen LogP contribution >= 0.6 is 0 Å². The molecule has 1 saturated carbocycles. The third kappa shape index (κ3) is 3.09. The summed E-state index contributed by atoms with van der Waals surface area (Å²) in [5.41, 5.74) is -0.392. The van der Waals surface area contributed by atoms with Gasteiger partial charge in [-0.3, -0.25) is 0 Å². The molecule has 3 rings (SSSR count). The van der Waals surface area contributed by atoms with E-state index in [1.807, 2.05) is 25.7 Å². The van der Waals surface area contributed by atoms with Crippen molar-refractivity contribution in [3.63, 3.8) is 0 Å². The molecule has 3 fully saturated rings. The van der Waals surface area contributed by atoms with Crippen molar-refractivity contribution in [2.24, 2.45) is 11.8 Å². The zero-order chi connectivity index (χ0) is 14.3. The normalized spacial score (nSPS) is 34.0. The molecule has 5 heteroatoms. The number of carbonyl (C=O) groups excluding carboxylic acids is 1. The highest BCUT2D eigenvalue weighted by Crippen LogP contribution is 2.46. The van der Waals surface area contributed by atoms with Crippen molar-refractivity contribution in [3.8, 4) is 0 Å². The van der Waals surface area contributed by atoms with Gasteiger partial charge in [0.1, 0.15) is 5.60 Å². The Morgan fingerprint density at radius 1 is 1.20 bits per heavy atom. The van der Waals surface area contributed by atoms with E-state index >= 15 is 0 Å². The summed E-state index contributed by atoms with van der Waals surface area (Å²) in [7, 11) is 0. The summed E-state index contributed by atoms with van der Waals surface area (Å²) in [6.45, 7) is 9.74. The molecule has 0 radical (unpaired) electrons. The molecule has 2 unspecified atom stereocenters. The van der Waals surface area contributed by atoms with Crippen molar-refractivity contribution in [1.29, 1.82) is 0 Å². The Kier molecular flexibility index (Phi) is 3.67. The Morgan fingerprint density at radius 2 is 1.80 bits per heavy atom. The summed E-state index contributed by atoms with van der Waals surface area (Å²) in [5, 5.41) is 7.18. The molecule has 0 aromatic carbocycles. The van der Waals surface area contributed by atoms with Crippen molar-refractivity contribution in [2.45, 2.75) is 51.3 Å². The van der Waals surface area contributed by atoms with Crippen LogP contribution in [0.15, 0.2) is 0 Å². The molecule has 0 aromatic heterocycles. The molecule has 2 saturated heterocycles. The monoisotopic (exact) mass is 281 g/mol. The maximum atomic E-state index is 12.0. The van der Waals surface area contributed by atoms with E-state index < -0.39 is 5.60 Å². The maximum absolute atomic E-state index is 12.0. The Labute approximate surface area is 121 Å².